The number of ether oxygens (including phenoxy) is 4. The lowest BCUT2D eigenvalue weighted by Crippen LogP contribution is -1.94. The standard InChI is InChI=1S/C27H19N3O7/c1-33-19-7-3-16(4-8-19)25-21(13-28)27(37-26(25)17-5-9-20(34-2)10-6-17)29-14-18-11-23-24(36-15-35-23)12-22(18)30(31)32/h3-12,14H,15H2,1-2H3/b29-14+. The Kier molecular flexibility index (Phi) is 6.18. The van der Waals surface area contributed by atoms with Gasteiger partial charge in [-0.25, -0.2) is 4.99 Å². The van der Waals surface area contributed by atoms with Crippen LogP contribution in [0.1, 0.15) is 11.1 Å². The smallest absolute Gasteiger partial charge is 0.282 e. The van der Waals surface area contributed by atoms with Gasteiger partial charge in [0.05, 0.1) is 30.8 Å². The van der Waals surface area contributed by atoms with Crippen molar-refractivity contribution < 1.29 is 28.3 Å². The van der Waals surface area contributed by atoms with Crippen LogP contribution in [0.15, 0.2) is 70.1 Å². The van der Waals surface area contributed by atoms with Crippen LogP contribution in [0, 0.1) is 21.4 Å². The predicted molar refractivity (Wildman–Crippen MR) is 134 cm³/mol. The summed E-state index contributed by atoms with van der Waals surface area (Å²) in [6, 6.07) is 19.3. The van der Waals surface area contributed by atoms with Crippen LogP contribution in [-0.4, -0.2) is 32.2 Å². The molecule has 0 atom stereocenters. The highest BCUT2D eigenvalue weighted by Gasteiger charge is 2.25. The molecule has 10 nitrogen and oxygen atoms in total. The van der Waals surface area contributed by atoms with Crippen molar-refractivity contribution in [2.45, 2.75) is 0 Å². The third-order valence-corrected chi connectivity index (χ3v) is 5.77. The summed E-state index contributed by atoms with van der Waals surface area (Å²) in [4.78, 5) is 15.5. The van der Waals surface area contributed by atoms with Crippen molar-refractivity contribution in [3.05, 3.63) is 81.9 Å². The van der Waals surface area contributed by atoms with E-state index < -0.39 is 4.92 Å². The number of nitro groups is 1. The molecule has 1 aliphatic heterocycles. The first-order valence-corrected chi connectivity index (χ1v) is 11.0. The number of hydrogen-bond donors (Lipinski definition) is 0. The SMILES string of the molecule is COc1ccc(-c2oc(/N=C/c3cc4c(cc3[N+](=O)[O-])OCO4)c(C#N)c2-c2ccc(OC)cc2)cc1. The molecular weight excluding hydrogens is 478 g/mol. The van der Waals surface area contributed by atoms with Gasteiger partial charge in [0.2, 0.25) is 12.7 Å². The fraction of sp³-hybridized carbons (Fsp3) is 0.111. The van der Waals surface area contributed by atoms with Gasteiger partial charge in [0.1, 0.15) is 28.9 Å². The minimum absolute atomic E-state index is 0.00565. The Morgan fingerprint density at radius 2 is 1.57 bits per heavy atom. The molecule has 0 radical (unpaired) electrons. The molecular formula is C27H19N3O7. The van der Waals surface area contributed by atoms with Crippen molar-refractivity contribution in [3.63, 3.8) is 0 Å². The average Bonchev–Trinajstić information content (AvgIpc) is 3.55. The van der Waals surface area contributed by atoms with Gasteiger partial charge in [-0.1, -0.05) is 12.1 Å². The van der Waals surface area contributed by atoms with Crippen LogP contribution in [0.25, 0.3) is 22.5 Å². The lowest BCUT2D eigenvalue weighted by atomic mass is 9.98. The highest BCUT2D eigenvalue weighted by atomic mass is 16.7. The van der Waals surface area contributed by atoms with Crippen LogP contribution in [0.5, 0.6) is 23.0 Å². The summed E-state index contributed by atoms with van der Waals surface area (Å²) in [7, 11) is 3.14. The van der Waals surface area contributed by atoms with Crippen LogP contribution in [0.3, 0.4) is 0 Å². The van der Waals surface area contributed by atoms with Gasteiger partial charge in [0.15, 0.2) is 11.5 Å². The molecule has 0 unspecified atom stereocenters. The maximum Gasteiger partial charge on any atom is 0.282 e. The van der Waals surface area contributed by atoms with Crippen molar-refractivity contribution in [2.24, 2.45) is 4.99 Å². The molecule has 0 aliphatic carbocycles. The van der Waals surface area contributed by atoms with E-state index in [1.807, 2.05) is 24.3 Å². The fourth-order valence-electron chi connectivity index (χ4n) is 3.93. The first-order chi connectivity index (χ1) is 18.0. The van der Waals surface area contributed by atoms with Gasteiger partial charge in [-0.2, -0.15) is 5.26 Å². The topological polar surface area (TPSA) is 129 Å². The Morgan fingerprint density at radius 1 is 0.973 bits per heavy atom. The van der Waals surface area contributed by atoms with Gasteiger partial charge in [0, 0.05) is 17.3 Å². The Morgan fingerprint density at radius 3 is 2.14 bits per heavy atom. The van der Waals surface area contributed by atoms with Crippen LogP contribution >= 0.6 is 0 Å². The Hall–Kier alpha value is -5.30. The van der Waals surface area contributed by atoms with E-state index in [-0.39, 0.29) is 35.2 Å². The number of nitrogens with zero attached hydrogens (tertiary/aromatic N) is 3. The van der Waals surface area contributed by atoms with Crippen molar-refractivity contribution >= 4 is 17.8 Å². The van der Waals surface area contributed by atoms with Gasteiger partial charge in [-0.15, -0.1) is 0 Å². The first-order valence-electron chi connectivity index (χ1n) is 11.0. The van der Waals surface area contributed by atoms with Crippen LogP contribution in [0.4, 0.5) is 11.6 Å². The normalized spacial score (nSPS) is 11.9. The summed E-state index contributed by atoms with van der Waals surface area (Å²) in [6.45, 7) is -0.0275. The summed E-state index contributed by atoms with van der Waals surface area (Å²) in [5, 5.41) is 21.7. The van der Waals surface area contributed by atoms with Crippen molar-refractivity contribution in [1.82, 2.24) is 0 Å². The van der Waals surface area contributed by atoms with Crippen molar-refractivity contribution in [2.75, 3.05) is 21.0 Å². The summed E-state index contributed by atoms with van der Waals surface area (Å²) >= 11 is 0. The van der Waals surface area contributed by atoms with E-state index in [4.69, 9.17) is 23.4 Å². The number of nitro benzene ring substituents is 1. The third-order valence-electron chi connectivity index (χ3n) is 5.77. The predicted octanol–water partition coefficient (Wildman–Crippen LogP) is 5.89. The first kappa shape index (κ1) is 23.4. The van der Waals surface area contributed by atoms with Crippen LogP contribution < -0.4 is 18.9 Å². The Labute approximate surface area is 211 Å². The van der Waals surface area contributed by atoms with Gasteiger partial charge in [-0.05, 0) is 48.0 Å². The summed E-state index contributed by atoms with van der Waals surface area (Å²) in [6.07, 6.45) is 1.27. The molecule has 0 fully saturated rings. The molecule has 37 heavy (non-hydrogen) atoms. The number of hydrogen-bond acceptors (Lipinski definition) is 9. The highest BCUT2D eigenvalue weighted by Crippen LogP contribution is 2.44. The second kappa shape index (κ2) is 9.75. The van der Waals surface area contributed by atoms with Gasteiger partial charge < -0.3 is 23.4 Å². The zero-order chi connectivity index (χ0) is 25.9. The number of benzene rings is 3. The van der Waals surface area contributed by atoms with E-state index in [0.29, 0.717) is 39.7 Å². The van der Waals surface area contributed by atoms with Crippen molar-refractivity contribution in [3.8, 4) is 51.5 Å². The number of aliphatic imine (C=N–C) groups is 1. The largest absolute Gasteiger partial charge is 0.497 e. The minimum atomic E-state index is -0.539. The third kappa shape index (κ3) is 4.41. The zero-order valence-electron chi connectivity index (χ0n) is 19.8. The van der Waals surface area contributed by atoms with E-state index in [9.17, 15) is 15.4 Å². The molecule has 5 rings (SSSR count). The van der Waals surface area contributed by atoms with Gasteiger partial charge >= 0.3 is 0 Å². The number of fused-ring (bicyclic) bond motifs is 1. The molecule has 3 aromatic carbocycles. The number of rotatable bonds is 7. The number of furan rings is 1. The molecule has 0 saturated heterocycles. The highest BCUT2D eigenvalue weighted by molar-refractivity contribution is 5.92. The average molecular weight is 497 g/mol. The molecule has 4 aromatic rings. The van der Waals surface area contributed by atoms with E-state index in [1.165, 1.54) is 18.3 Å². The van der Waals surface area contributed by atoms with E-state index >= 15 is 0 Å². The second-order valence-electron chi connectivity index (χ2n) is 7.83. The lowest BCUT2D eigenvalue weighted by molar-refractivity contribution is -0.385. The zero-order valence-corrected chi connectivity index (χ0v) is 19.8. The maximum atomic E-state index is 11.6. The minimum Gasteiger partial charge on any atom is -0.497 e. The molecule has 1 aliphatic rings. The molecule has 0 amide bonds. The van der Waals surface area contributed by atoms with E-state index in [2.05, 4.69) is 11.1 Å². The second-order valence-corrected chi connectivity index (χ2v) is 7.83. The molecule has 10 heteroatoms. The molecule has 184 valence electrons. The monoisotopic (exact) mass is 497 g/mol. The Bertz CT molecular complexity index is 1550. The lowest BCUT2D eigenvalue weighted by Gasteiger charge is -2.06. The molecule has 0 spiro atoms. The molecule has 1 aromatic heterocycles. The molecule has 0 saturated carbocycles. The Balaban J connectivity index is 1.65. The number of methoxy groups -OCH3 is 2. The molecule has 2 heterocycles. The summed E-state index contributed by atoms with van der Waals surface area (Å²) in [5.74, 6) is 2.39. The number of nitriles is 1. The maximum absolute atomic E-state index is 11.6. The van der Waals surface area contributed by atoms with E-state index in [0.717, 1.165) is 0 Å². The van der Waals surface area contributed by atoms with Crippen molar-refractivity contribution in [1.29, 1.82) is 5.26 Å². The molecule has 0 bridgehead atoms. The quantitative estimate of drug-likeness (QED) is 0.176. The fourth-order valence-corrected chi connectivity index (χ4v) is 3.93. The van der Waals surface area contributed by atoms with Gasteiger partial charge in [-0.3, -0.25) is 10.1 Å². The molecule has 0 N–H and O–H groups in total. The van der Waals surface area contributed by atoms with Crippen LogP contribution in [0.2, 0.25) is 0 Å². The van der Waals surface area contributed by atoms with Gasteiger partial charge in [0.25, 0.3) is 5.69 Å². The van der Waals surface area contributed by atoms with E-state index in [1.54, 1.807) is 38.5 Å². The summed E-state index contributed by atoms with van der Waals surface area (Å²) in [5.41, 5.74) is 2.06. The van der Waals surface area contributed by atoms with Crippen LogP contribution in [-0.2, 0) is 0 Å². The summed E-state index contributed by atoms with van der Waals surface area (Å²) < 4.78 is 27.2.